The van der Waals surface area contributed by atoms with E-state index in [1.165, 1.54) is 0 Å². The third-order valence-corrected chi connectivity index (χ3v) is 18.8. The summed E-state index contributed by atoms with van der Waals surface area (Å²) in [6.45, 7) is 14.1. The molecule has 0 aliphatic carbocycles. The van der Waals surface area contributed by atoms with Crippen molar-refractivity contribution < 1.29 is 51.7 Å². The van der Waals surface area contributed by atoms with Crippen LogP contribution in [-0.2, 0) is 0 Å². The zero-order valence-electron chi connectivity index (χ0n) is 46.1. The SMILES string of the molecule is Cc1cccc2c1op(Oc1cccc(Op3oc4c(C)cccc4c4cccc(C)c4o3)c1-c1c(Op3oc4c(C)cccc4c4cccc(C)c4o3)cccc1Op1oc3c(C)cccc3c3cccc(C)c3o1)oc1ccccc12. The average Bonchev–Trinajstić information content (AvgIpc) is 4.07. The first-order chi connectivity index (χ1) is 40.5. The monoisotopic (exact) mass is 1170 g/mol. The molecule has 0 aliphatic rings. The summed E-state index contributed by atoms with van der Waals surface area (Å²) < 4.78 is 84.2. The summed E-state index contributed by atoms with van der Waals surface area (Å²) in [6.07, 6.45) is 0. The Kier molecular flexibility index (Phi) is 13.4. The first-order valence-corrected chi connectivity index (χ1v) is 31.3. The Bertz CT molecular complexity index is 4770. The van der Waals surface area contributed by atoms with Crippen LogP contribution in [-0.4, -0.2) is 0 Å². The van der Waals surface area contributed by atoms with E-state index in [1.54, 1.807) is 0 Å². The Morgan fingerprint density at radius 2 is 0.422 bits per heavy atom. The highest BCUT2D eigenvalue weighted by Crippen LogP contribution is 2.56. The second-order valence-electron chi connectivity index (χ2n) is 20.4. The topological polar surface area (TPSA) is 142 Å². The van der Waals surface area contributed by atoms with Gasteiger partial charge in [0.2, 0.25) is 0 Å². The molecule has 0 saturated carbocycles. The normalized spacial score (nSPS) is 11.8. The van der Waals surface area contributed by atoms with Crippen molar-refractivity contribution in [1.29, 1.82) is 0 Å². The van der Waals surface area contributed by atoms with Gasteiger partial charge in [-0.2, -0.15) is 0 Å². The van der Waals surface area contributed by atoms with Crippen LogP contribution in [0.25, 0.3) is 98.9 Å². The summed E-state index contributed by atoms with van der Waals surface area (Å²) in [5.74, 6) is 1.11. The molecule has 0 spiro atoms. The van der Waals surface area contributed by atoms with Gasteiger partial charge in [0.1, 0.15) is 67.7 Å². The highest BCUT2D eigenvalue weighted by atomic mass is 31.1. The van der Waals surface area contributed by atoms with Gasteiger partial charge in [0, 0.05) is 43.1 Å². The molecule has 0 N–H and O–H groups in total. The molecule has 16 heteroatoms. The molecule has 0 bridgehead atoms. The largest absolute Gasteiger partial charge is 0.453 e. The minimum atomic E-state index is -2.27. The Morgan fingerprint density at radius 1 is 0.217 bits per heavy atom. The van der Waals surface area contributed by atoms with Crippen LogP contribution in [0.5, 0.6) is 23.0 Å². The zero-order chi connectivity index (χ0) is 56.5. The molecule has 4 heterocycles. The van der Waals surface area contributed by atoms with E-state index < -0.39 is 33.0 Å². The Hall–Kier alpha value is -9.00. The highest BCUT2D eigenvalue weighted by molar-refractivity contribution is 7.33. The number of fused-ring (bicyclic) bond motifs is 12. The van der Waals surface area contributed by atoms with Gasteiger partial charge in [-0.05, 0) is 118 Å². The molecule has 0 radical (unpaired) electrons. The van der Waals surface area contributed by atoms with E-state index in [0.29, 0.717) is 55.8 Å². The first kappa shape index (κ1) is 52.1. The van der Waals surface area contributed by atoms with E-state index >= 15 is 0 Å². The fraction of sp³-hybridized carbons (Fsp3) is 0.104. The molecule has 0 saturated heterocycles. The minimum absolute atomic E-state index is 0.276. The molecule has 1 unspecified atom stereocenters. The maximum atomic E-state index is 7.25. The van der Waals surface area contributed by atoms with Crippen LogP contribution >= 0.6 is 33.0 Å². The summed E-state index contributed by atoms with van der Waals surface area (Å²) in [4.78, 5) is 0. The molecule has 14 aromatic rings. The quantitative estimate of drug-likeness (QED) is 0.136. The summed E-state index contributed by atoms with van der Waals surface area (Å²) >= 11 is 0. The number of para-hydroxylation sites is 8. The van der Waals surface area contributed by atoms with Gasteiger partial charge in [0.25, 0.3) is 0 Å². The lowest BCUT2D eigenvalue weighted by Gasteiger charge is -2.18. The van der Waals surface area contributed by atoms with E-state index in [2.05, 4.69) is 0 Å². The number of hydrogen-bond acceptors (Lipinski definition) is 12. The molecule has 10 aromatic carbocycles. The maximum absolute atomic E-state index is 7.25. The Balaban J connectivity index is 1.08. The van der Waals surface area contributed by atoms with E-state index in [4.69, 9.17) is 51.7 Å². The van der Waals surface area contributed by atoms with E-state index in [1.807, 2.05) is 237 Å². The van der Waals surface area contributed by atoms with Gasteiger partial charge < -0.3 is 51.7 Å². The van der Waals surface area contributed by atoms with Crippen molar-refractivity contribution in [3.05, 3.63) is 227 Å². The van der Waals surface area contributed by atoms with Crippen molar-refractivity contribution in [3.63, 3.8) is 0 Å². The van der Waals surface area contributed by atoms with Gasteiger partial charge in [0.15, 0.2) is 0 Å². The van der Waals surface area contributed by atoms with Gasteiger partial charge in [-0.3, -0.25) is 0 Å². The molecule has 12 nitrogen and oxygen atoms in total. The van der Waals surface area contributed by atoms with Crippen molar-refractivity contribution in [2.45, 2.75) is 48.5 Å². The van der Waals surface area contributed by atoms with Crippen molar-refractivity contribution >= 4 is 121 Å². The molecule has 83 heavy (non-hydrogen) atoms. The van der Waals surface area contributed by atoms with Crippen LogP contribution in [0.1, 0.15) is 38.9 Å². The molecule has 412 valence electrons. The van der Waals surface area contributed by atoms with Crippen molar-refractivity contribution in [3.8, 4) is 34.1 Å². The fourth-order valence-corrected chi connectivity index (χ4v) is 15.4. The van der Waals surface area contributed by atoms with Crippen molar-refractivity contribution in [2.75, 3.05) is 0 Å². The average molecular weight is 1170 g/mol. The summed E-state index contributed by atoms with van der Waals surface area (Å²) in [6, 6.07) is 61.2. The van der Waals surface area contributed by atoms with Crippen LogP contribution in [0, 0.1) is 48.5 Å². The van der Waals surface area contributed by atoms with Crippen LogP contribution in [0.3, 0.4) is 0 Å². The molecule has 0 amide bonds. The van der Waals surface area contributed by atoms with Gasteiger partial charge in [0.05, 0.1) is 11.1 Å². The molecule has 1 atom stereocenters. The third kappa shape index (κ3) is 9.58. The minimum Gasteiger partial charge on any atom is -0.390 e. The molecular weight excluding hydrogens is 1120 g/mol. The lowest BCUT2D eigenvalue weighted by atomic mass is 10.0. The predicted octanol–water partition coefficient (Wildman–Crippen LogP) is 23.3. The Morgan fingerprint density at radius 3 is 0.687 bits per heavy atom. The van der Waals surface area contributed by atoms with E-state index in [9.17, 15) is 0 Å². The number of aryl methyl sites for hydroxylation is 7. The maximum Gasteiger partial charge on any atom is 0.453 e. The summed E-state index contributed by atoms with van der Waals surface area (Å²) in [7, 11) is -9.08. The van der Waals surface area contributed by atoms with Crippen molar-refractivity contribution in [1.82, 2.24) is 0 Å². The summed E-state index contributed by atoms with van der Waals surface area (Å²) in [5.41, 5.74) is 12.1. The van der Waals surface area contributed by atoms with Crippen LogP contribution < -0.4 is 18.1 Å². The van der Waals surface area contributed by atoms with E-state index in [-0.39, 0.29) is 23.0 Å². The Labute approximate surface area is 479 Å². The molecule has 14 rings (SSSR count). The van der Waals surface area contributed by atoms with Crippen LogP contribution in [0.2, 0.25) is 0 Å². The highest BCUT2D eigenvalue weighted by Gasteiger charge is 2.29. The van der Waals surface area contributed by atoms with Crippen LogP contribution in [0.4, 0.5) is 0 Å². The standard InChI is InChI=1S/C67H52O12P4/c1-39-19-10-27-47-46-26-8-9-34-54(46)68-80(73-61(39)47)69-55-35-17-36-56(70-81-74-62-40(2)20-11-28-48(62)49-29-12-21-41(3)63(49)75-81)59(55)60-57(71-82-76-64-42(4)22-13-30-50(64)51-31-14-23-43(5)65(51)77-82)37-18-38-58(60)72-83-78-66-44(6)24-15-32-52(66)53-33-16-25-45(7)67(53)79-83/h8-38H,1-7H3. The smallest absolute Gasteiger partial charge is 0.390 e. The van der Waals surface area contributed by atoms with E-state index in [0.717, 1.165) is 82.0 Å². The van der Waals surface area contributed by atoms with Gasteiger partial charge in [-0.15, -0.1) is 0 Å². The molecule has 0 aliphatic heterocycles. The van der Waals surface area contributed by atoms with Crippen LogP contribution in [0.15, 0.2) is 222 Å². The second kappa shape index (κ2) is 21.4. The molecular formula is C67H52O12P4. The van der Waals surface area contributed by atoms with Gasteiger partial charge in [-0.25, -0.2) is 0 Å². The number of rotatable bonds is 9. The van der Waals surface area contributed by atoms with Gasteiger partial charge in [-0.1, -0.05) is 158 Å². The molecule has 4 aromatic heterocycles. The fourth-order valence-electron chi connectivity index (χ4n) is 10.6. The third-order valence-electron chi connectivity index (χ3n) is 14.8. The number of benzene rings is 10. The predicted molar refractivity (Wildman–Crippen MR) is 334 cm³/mol. The second-order valence-corrected chi connectivity index (χ2v) is 24.4. The van der Waals surface area contributed by atoms with Gasteiger partial charge >= 0.3 is 33.0 Å². The molecule has 0 fully saturated rings. The lowest BCUT2D eigenvalue weighted by Crippen LogP contribution is -1.95. The summed E-state index contributed by atoms with van der Waals surface area (Å²) in [5, 5.41) is 7.01. The first-order valence-electron chi connectivity index (χ1n) is 26.9. The number of hydrogen-bond donors (Lipinski definition) is 0. The lowest BCUT2D eigenvalue weighted by molar-refractivity contribution is 0.477. The van der Waals surface area contributed by atoms with Crippen molar-refractivity contribution in [2.24, 2.45) is 0 Å². The zero-order valence-corrected chi connectivity index (χ0v) is 49.7.